The van der Waals surface area contributed by atoms with Crippen LogP contribution in [0.1, 0.15) is 40.4 Å². The number of nitrogens with zero attached hydrogens (tertiary/aromatic N) is 4. The Morgan fingerprint density at radius 3 is 2.50 bits per heavy atom. The Morgan fingerprint density at radius 2 is 1.97 bits per heavy atom. The molecule has 2 aliphatic rings. The van der Waals surface area contributed by atoms with Crippen molar-refractivity contribution in [3.63, 3.8) is 0 Å². The molecule has 3 rings (SSSR count). The number of nitrogens with one attached hydrogen (secondary N) is 1. The number of carbonyl (C=O) groups is 4. The van der Waals surface area contributed by atoms with Crippen LogP contribution in [-0.2, 0) is 28.8 Å². The van der Waals surface area contributed by atoms with E-state index in [4.69, 9.17) is 15.3 Å². The number of halogens is 1. The first-order valence-electron chi connectivity index (χ1n) is 10.5. The van der Waals surface area contributed by atoms with Crippen molar-refractivity contribution < 1.29 is 33.9 Å². The summed E-state index contributed by atoms with van der Waals surface area (Å²) in [6, 6.07) is -1.01. The SMILES string of the molecule is CC(C)(C)OC(=O)C(C)(C)O/N=C(\C(=O)N[C@@H]1C(=O)N2C(C(=O)O)=C(CI)CS[C@@H]12)c1nsc(N)n1. The van der Waals surface area contributed by atoms with Crippen LogP contribution >= 0.6 is 45.9 Å². The summed E-state index contributed by atoms with van der Waals surface area (Å²) in [4.78, 5) is 60.8. The predicted octanol–water partition coefficient (Wildman–Crippen LogP) is 1.13. The number of ether oxygens (including phenoxy) is 1. The highest BCUT2D eigenvalue weighted by atomic mass is 127. The van der Waals surface area contributed by atoms with Gasteiger partial charge in [-0.15, -0.1) is 11.8 Å². The molecule has 1 fully saturated rings. The highest BCUT2D eigenvalue weighted by Gasteiger charge is 2.54. The van der Waals surface area contributed by atoms with Crippen LogP contribution in [0.25, 0.3) is 0 Å². The van der Waals surface area contributed by atoms with Gasteiger partial charge in [0.05, 0.1) is 0 Å². The number of thioether (sulfide) groups is 1. The van der Waals surface area contributed by atoms with Crippen molar-refractivity contribution >= 4 is 80.5 Å². The average molecular weight is 652 g/mol. The van der Waals surface area contributed by atoms with Gasteiger partial charge in [-0.25, -0.2) is 9.59 Å². The second-order valence-corrected chi connectivity index (χ2v) is 11.9. The first-order valence-corrected chi connectivity index (χ1v) is 13.9. The Labute approximate surface area is 228 Å². The minimum absolute atomic E-state index is 0.0612. The lowest BCUT2D eigenvalue weighted by molar-refractivity contribution is -0.179. The van der Waals surface area contributed by atoms with Gasteiger partial charge in [0, 0.05) is 21.7 Å². The summed E-state index contributed by atoms with van der Waals surface area (Å²) in [7, 11) is 0. The zero-order valence-electron chi connectivity index (χ0n) is 20.0. The number of anilines is 1. The summed E-state index contributed by atoms with van der Waals surface area (Å²) in [5.74, 6) is -3.09. The number of alkyl halides is 1. The second kappa shape index (κ2) is 10.5. The number of hydrogen-bond donors (Lipinski definition) is 3. The number of aliphatic carboxylic acids is 1. The molecule has 0 unspecified atom stereocenters. The lowest BCUT2D eigenvalue weighted by Crippen LogP contribution is -2.71. The minimum atomic E-state index is -1.57. The summed E-state index contributed by atoms with van der Waals surface area (Å²) in [6.07, 6.45) is 0. The maximum absolute atomic E-state index is 13.2. The molecule has 16 heteroatoms. The number of hydrogen-bond acceptors (Lipinski definition) is 12. The number of oxime groups is 1. The van der Waals surface area contributed by atoms with Crippen LogP contribution in [0, 0.1) is 0 Å². The number of nitrogen functional groups attached to an aromatic ring is 1. The third-order valence-corrected chi connectivity index (χ3v) is 7.62. The third kappa shape index (κ3) is 5.91. The van der Waals surface area contributed by atoms with Crippen LogP contribution in [0.2, 0.25) is 0 Å². The van der Waals surface area contributed by atoms with Crippen LogP contribution in [0.4, 0.5) is 5.13 Å². The number of β-lactam (4-membered cyclic amide) rings is 1. The number of fused-ring (bicyclic) bond motifs is 1. The Hall–Kier alpha value is -2.47. The molecule has 2 amide bonds. The molecule has 1 aromatic heterocycles. The van der Waals surface area contributed by atoms with Crippen molar-refractivity contribution in [2.45, 2.75) is 57.2 Å². The molecule has 0 aliphatic carbocycles. The van der Waals surface area contributed by atoms with E-state index in [-0.39, 0.29) is 16.7 Å². The largest absolute Gasteiger partial charge is 0.477 e. The van der Waals surface area contributed by atoms with Gasteiger partial charge in [0.1, 0.15) is 22.7 Å². The van der Waals surface area contributed by atoms with Gasteiger partial charge in [0.25, 0.3) is 11.8 Å². The molecule has 0 aromatic carbocycles. The summed E-state index contributed by atoms with van der Waals surface area (Å²) in [5.41, 5.74) is 3.46. The van der Waals surface area contributed by atoms with E-state index in [2.05, 4.69) is 19.8 Å². The number of carboxylic acids is 1. The van der Waals surface area contributed by atoms with E-state index in [1.54, 1.807) is 20.8 Å². The van der Waals surface area contributed by atoms with Gasteiger partial charge in [-0.3, -0.25) is 14.5 Å². The summed E-state index contributed by atoms with van der Waals surface area (Å²) in [5, 5.41) is 15.4. The molecule has 0 saturated carbocycles. The molecule has 1 aromatic rings. The predicted molar refractivity (Wildman–Crippen MR) is 140 cm³/mol. The molecule has 13 nitrogen and oxygen atoms in total. The summed E-state index contributed by atoms with van der Waals surface area (Å²) in [6.45, 7) is 7.92. The van der Waals surface area contributed by atoms with Crippen LogP contribution in [0.3, 0.4) is 0 Å². The number of carbonyl (C=O) groups excluding carboxylic acids is 3. The second-order valence-electron chi connectivity index (χ2n) is 9.25. The fourth-order valence-electron chi connectivity index (χ4n) is 3.11. The zero-order valence-corrected chi connectivity index (χ0v) is 23.8. The van der Waals surface area contributed by atoms with Gasteiger partial charge < -0.3 is 25.7 Å². The summed E-state index contributed by atoms with van der Waals surface area (Å²) < 4.78 is 9.77. The first kappa shape index (κ1) is 28.1. The lowest BCUT2D eigenvalue weighted by Gasteiger charge is -2.49. The molecule has 2 atom stereocenters. The Kier molecular flexibility index (Phi) is 8.19. The van der Waals surface area contributed by atoms with E-state index in [1.165, 1.54) is 30.5 Å². The fraction of sp³-hybridized carbons (Fsp3) is 0.550. The molecule has 1 saturated heterocycles. The van der Waals surface area contributed by atoms with Gasteiger partial charge in [0.2, 0.25) is 17.1 Å². The van der Waals surface area contributed by atoms with Crippen molar-refractivity contribution in [1.82, 2.24) is 19.6 Å². The molecule has 2 aliphatic heterocycles. The van der Waals surface area contributed by atoms with E-state index in [9.17, 15) is 24.3 Å². The number of amides is 2. The molecule has 3 heterocycles. The van der Waals surface area contributed by atoms with Crippen LogP contribution < -0.4 is 11.1 Å². The van der Waals surface area contributed by atoms with E-state index in [0.29, 0.717) is 15.8 Å². The third-order valence-electron chi connectivity index (χ3n) is 4.82. The minimum Gasteiger partial charge on any atom is -0.477 e. The number of rotatable bonds is 8. The molecule has 36 heavy (non-hydrogen) atoms. The number of nitrogens with two attached hydrogens (primary N) is 1. The molecule has 0 spiro atoms. The number of aromatic nitrogens is 2. The van der Waals surface area contributed by atoms with Crippen molar-refractivity contribution in [2.75, 3.05) is 15.9 Å². The van der Waals surface area contributed by atoms with Crippen LogP contribution in [0.15, 0.2) is 16.4 Å². The van der Waals surface area contributed by atoms with Gasteiger partial charge in [-0.1, -0.05) is 27.7 Å². The Balaban J connectivity index is 1.82. The molecule has 4 N–H and O–H groups in total. The average Bonchev–Trinajstić information content (AvgIpc) is 3.20. The van der Waals surface area contributed by atoms with Gasteiger partial charge in [0.15, 0.2) is 5.13 Å². The van der Waals surface area contributed by atoms with E-state index in [0.717, 1.165) is 11.5 Å². The number of esters is 1. The highest BCUT2D eigenvalue weighted by Crippen LogP contribution is 2.40. The Bertz CT molecular complexity index is 1160. The molecule has 0 bridgehead atoms. The molecular weight excluding hydrogens is 627 g/mol. The van der Waals surface area contributed by atoms with E-state index < -0.39 is 52.1 Å². The van der Waals surface area contributed by atoms with Crippen molar-refractivity contribution in [3.05, 3.63) is 17.1 Å². The maximum Gasteiger partial charge on any atom is 0.353 e. The Morgan fingerprint density at radius 1 is 1.31 bits per heavy atom. The van der Waals surface area contributed by atoms with Gasteiger partial charge in [-0.2, -0.15) is 9.36 Å². The van der Waals surface area contributed by atoms with Crippen molar-refractivity contribution in [3.8, 4) is 0 Å². The van der Waals surface area contributed by atoms with Crippen LogP contribution in [-0.4, -0.2) is 81.6 Å². The monoisotopic (exact) mass is 652 g/mol. The summed E-state index contributed by atoms with van der Waals surface area (Å²) >= 11 is 4.21. The normalized spacial score (nSPS) is 20.4. The van der Waals surface area contributed by atoms with Gasteiger partial charge in [-0.05, 0) is 40.2 Å². The zero-order chi connectivity index (χ0) is 27.0. The number of carboxylic acid groups (broad SMARTS) is 1. The molecule has 0 radical (unpaired) electrons. The fourth-order valence-corrected chi connectivity index (χ4v) is 5.89. The quantitative estimate of drug-likeness (QED) is 0.0913. The van der Waals surface area contributed by atoms with Gasteiger partial charge >= 0.3 is 11.9 Å². The molecular formula is C20H25IN6O7S2. The maximum atomic E-state index is 13.2. The van der Waals surface area contributed by atoms with E-state index in [1.807, 2.05) is 22.6 Å². The van der Waals surface area contributed by atoms with Crippen molar-refractivity contribution in [2.24, 2.45) is 5.16 Å². The first-order chi connectivity index (χ1) is 16.7. The van der Waals surface area contributed by atoms with Crippen molar-refractivity contribution in [1.29, 1.82) is 0 Å². The lowest BCUT2D eigenvalue weighted by atomic mass is 10.0. The standard InChI is InChI=1S/C20H25IN6O7S2/c1-19(2,3)33-17(32)20(4,5)34-25-9(12-24-18(22)36-26-12)13(28)23-10-14(29)27-11(16(30)31)8(6-21)7-35-15(10)27/h10,15H,6-7H2,1-5H3,(H,23,28)(H,30,31)(H2,22,24,26)/b25-9-/t10-,15+/m1/s1. The highest BCUT2D eigenvalue weighted by molar-refractivity contribution is 14.1. The topological polar surface area (TPSA) is 186 Å². The van der Waals surface area contributed by atoms with E-state index >= 15 is 0 Å². The smallest absolute Gasteiger partial charge is 0.353 e. The molecule has 196 valence electrons. The van der Waals surface area contributed by atoms with Crippen LogP contribution in [0.5, 0.6) is 0 Å².